The topological polar surface area (TPSA) is 77.9 Å². The molecule has 2 fully saturated rings. The number of rotatable bonds is 5. The second-order valence-electron chi connectivity index (χ2n) is 8.71. The van der Waals surface area contributed by atoms with E-state index in [1.807, 2.05) is 25.7 Å². The Hall–Kier alpha value is -1.59. The SMILES string of the molecule is CC(C)(C)CC(=O)N1CCCC1C(=O)N1CCCC(CCC(=O)O)C1. The van der Waals surface area contributed by atoms with Crippen LogP contribution in [0.1, 0.15) is 65.7 Å². The number of carbonyl (C=O) groups is 3. The van der Waals surface area contributed by atoms with Crippen LogP contribution in [0, 0.1) is 11.3 Å². The van der Waals surface area contributed by atoms with E-state index in [1.54, 1.807) is 4.90 Å². The van der Waals surface area contributed by atoms with Crippen molar-refractivity contribution < 1.29 is 19.5 Å². The number of carboxylic acid groups (broad SMARTS) is 1. The molecule has 2 rings (SSSR count). The van der Waals surface area contributed by atoms with Crippen LogP contribution in [0.15, 0.2) is 0 Å². The molecule has 2 aliphatic rings. The number of nitrogens with zero attached hydrogens (tertiary/aromatic N) is 2. The zero-order valence-corrected chi connectivity index (χ0v) is 15.8. The van der Waals surface area contributed by atoms with Crippen molar-refractivity contribution in [2.75, 3.05) is 19.6 Å². The standard InChI is InChI=1S/C19H32N2O4/c1-19(2,3)12-16(22)21-11-5-7-15(21)18(25)20-10-4-6-14(13-20)8-9-17(23)24/h14-15H,4-13H2,1-3H3,(H,23,24). The highest BCUT2D eigenvalue weighted by molar-refractivity contribution is 5.88. The summed E-state index contributed by atoms with van der Waals surface area (Å²) in [7, 11) is 0. The fourth-order valence-electron chi connectivity index (χ4n) is 3.92. The lowest BCUT2D eigenvalue weighted by Gasteiger charge is -2.36. The molecule has 0 aromatic carbocycles. The van der Waals surface area contributed by atoms with Crippen molar-refractivity contribution in [2.24, 2.45) is 11.3 Å². The summed E-state index contributed by atoms with van der Waals surface area (Å²) in [5.74, 6) is -0.394. The predicted octanol–water partition coefficient (Wildman–Crippen LogP) is 2.52. The van der Waals surface area contributed by atoms with Crippen LogP contribution in [0.25, 0.3) is 0 Å². The smallest absolute Gasteiger partial charge is 0.303 e. The van der Waals surface area contributed by atoms with E-state index in [-0.39, 0.29) is 35.6 Å². The van der Waals surface area contributed by atoms with Crippen molar-refractivity contribution >= 4 is 17.8 Å². The van der Waals surface area contributed by atoms with Gasteiger partial charge < -0.3 is 14.9 Å². The zero-order chi connectivity index (χ0) is 18.6. The van der Waals surface area contributed by atoms with Crippen molar-refractivity contribution in [1.29, 1.82) is 0 Å². The molecule has 2 saturated heterocycles. The number of likely N-dealkylation sites (tertiary alicyclic amines) is 2. The maximum Gasteiger partial charge on any atom is 0.303 e. The summed E-state index contributed by atoms with van der Waals surface area (Å²) in [5.41, 5.74) is -0.0830. The average molecular weight is 352 g/mol. The molecule has 6 nitrogen and oxygen atoms in total. The minimum atomic E-state index is -0.779. The molecule has 0 radical (unpaired) electrons. The summed E-state index contributed by atoms with van der Waals surface area (Å²) in [6, 6.07) is -0.326. The van der Waals surface area contributed by atoms with E-state index in [2.05, 4.69) is 0 Å². The zero-order valence-electron chi connectivity index (χ0n) is 15.8. The minimum Gasteiger partial charge on any atom is -0.481 e. The number of piperidine rings is 1. The third-order valence-electron chi connectivity index (χ3n) is 5.14. The lowest BCUT2D eigenvalue weighted by molar-refractivity contribution is -0.146. The molecular formula is C19H32N2O4. The molecule has 2 atom stereocenters. The normalized spacial score (nSPS) is 24.4. The highest BCUT2D eigenvalue weighted by Gasteiger charge is 2.38. The van der Waals surface area contributed by atoms with Crippen LogP contribution in [0.5, 0.6) is 0 Å². The maximum absolute atomic E-state index is 13.0. The Bertz CT molecular complexity index is 512. The fraction of sp³-hybridized carbons (Fsp3) is 0.842. The number of hydrogen-bond donors (Lipinski definition) is 1. The van der Waals surface area contributed by atoms with Gasteiger partial charge in [0.15, 0.2) is 0 Å². The van der Waals surface area contributed by atoms with Crippen LogP contribution < -0.4 is 0 Å². The van der Waals surface area contributed by atoms with Gasteiger partial charge in [-0.3, -0.25) is 14.4 Å². The Morgan fingerprint density at radius 2 is 1.76 bits per heavy atom. The summed E-state index contributed by atoms with van der Waals surface area (Å²) in [4.78, 5) is 40.0. The monoisotopic (exact) mass is 352 g/mol. The largest absolute Gasteiger partial charge is 0.481 e. The Morgan fingerprint density at radius 1 is 1.08 bits per heavy atom. The molecular weight excluding hydrogens is 320 g/mol. The van der Waals surface area contributed by atoms with Gasteiger partial charge in [-0.1, -0.05) is 20.8 Å². The van der Waals surface area contributed by atoms with Gasteiger partial charge in [-0.15, -0.1) is 0 Å². The molecule has 0 aromatic rings. The van der Waals surface area contributed by atoms with Gasteiger partial charge in [-0.25, -0.2) is 0 Å². The van der Waals surface area contributed by atoms with E-state index < -0.39 is 5.97 Å². The van der Waals surface area contributed by atoms with Crippen molar-refractivity contribution in [3.05, 3.63) is 0 Å². The van der Waals surface area contributed by atoms with Crippen molar-refractivity contribution in [1.82, 2.24) is 9.80 Å². The summed E-state index contributed by atoms with van der Waals surface area (Å²) >= 11 is 0. The predicted molar refractivity (Wildman–Crippen MR) is 95.0 cm³/mol. The van der Waals surface area contributed by atoms with Crippen molar-refractivity contribution in [2.45, 2.75) is 71.8 Å². The molecule has 0 aliphatic carbocycles. The first-order valence-corrected chi connectivity index (χ1v) is 9.47. The van der Waals surface area contributed by atoms with Gasteiger partial charge in [-0.05, 0) is 43.4 Å². The molecule has 0 aromatic heterocycles. The molecule has 0 saturated carbocycles. The summed E-state index contributed by atoms with van der Waals surface area (Å²) in [6.45, 7) is 8.13. The highest BCUT2D eigenvalue weighted by Crippen LogP contribution is 2.28. The first-order chi connectivity index (χ1) is 11.7. The number of aliphatic carboxylic acids is 1. The number of amides is 2. The minimum absolute atomic E-state index is 0.0554. The second kappa shape index (κ2) is 8.19. The van der Waals surface area contributed by atoms with E-state index >= 15 is 0 Å². The molecule has 2 heterocycles. The quantitative estimate of drug-likeness (QED) is 0.825. The van der Waals surface area contributed by atoms with Crippen LogP contribution >= 0.6 is 0 Å². The van der Waals surface area contributed by atoms with Gasteiger partial charge in [0.25, 0.3) is 0 Å². The lowest BCUT2D eigenvalue weighted by atomic mass is 9.91. The summed E-state index contributed by atoms with van der Waals surface area (Å²) < 4.78 is 0. The van der Waals surface area contributed by atoms with Gasteiger partial charge in [0.2, 0.25) is 11.8 Å². The van der Waals surface area contributed by atoms with Crippen LogP contribution in [-0.4, -0.2) is 58.4 Å². The van der Waals surface area contributed by atoms with E-state index in [9.17, 15) is 14.4 Å². The third-order valence-corrected chi connectivity index (χ3v) is 5.14. The third kappa shape index (κ3) is 5.72. The fourth-order valence-corrected chi connectivity index (χ4v) is 3.92. The molecule has 1 N–H and O–H groups in total. The number of carboxylic acids is 1. The van der Waals surface area contributed by atoms with E-state index in [0.717, 1.165) is 32.2 Å². The molecule has 0 spiro atoms. The Morgan fingerprint density at radius 3 is 2.40 bits per heavy atom. The lowest BCUT2D eigenvalue weighted by Crippen LogP contribution is -2.51. The summed E-state index contributed by atoms with van der Waals surface area (Å²) in [5, 5.41) is 8.86. The van der Waals surface area contributed by atoms with Gasteiger partial charge in [0.05, 0.1) is 0 Å². The molecule has 2 unspecified atom stereocenters. The van der Waals surface area contributed by atoms with Gasteiger partial charge >= 0.3 is 5.97 Å². The van der Waals surface area contributed by atoms with Gasteiger partial charge in [-0.2, -0.15) is 0 Å². The highest BCUT2D eigenvalue weighted by atomic mass is 16.4. The molecule has 0 bridgehead atoms. The first kappa shape index (κ1) is 19.7. The Labute approximate surface area is 150 Å². The van der Waals surface area contributed by atoms with E-state index in [0.29, 0.717) is 25.9 Å². The van der Waals surface area contributed by atoms with E-state index in [4.69, 9.17) is 5.11 Å². The van der Waals surface area contributed by atoms with Crippen molar-refractivity contribution in [3.8, 4) is 0 Å². The van der Waals surface area contributed by atoms with Crippen LogP contribution in [-0.2, 0) is 14.4 Å². The molecule has 25 heavy (non-hydrogen) atoms. The average Bonchev–Trinajstić information content (AvgIpc) is 3.00. The molecule has 142 valence electrons. The number of carbonyl (C=O) groups excluding carboxylic acids is 2. The first-order valence-electron chi connectivity index (χ1n) is 9.47. The van der Waals surface area contributed by atoms with Crippen LogP contribution in [0.2, 0.25) is 0 Å². The maximum atomic E-state index is 13.0. The van der Waals surface area contributed by atoms with Gasteiger partial charge in [0.1, 0.15) is 6.04 Å². The molecule has 2 amide bonds. The van der Waals surface area contributed by atoms with Crippen LogP contribution in [0.3, 0.4) is 0 Å². The van der Waals surface area contributed by atoms with E-state index in [1.165, 1.54) is 0 Å². The van der Waals surface area contributed by atoms with Crippen LogP contribution in [0.4, 0.5) is 0 Å². The van der Waals surface area contributed by atoms with Gasteiger partial charge in [0, 0.05) is 32.5 Å². The second-order valence-corrected chi connectivity index (χ2v) is 8.71. The Balaban J connectivity index is 1.95. The summed E-state index contributed by atoms with van der Waals surface area (Å²) in [6.07, 6.45) is 4.75. The Kier molecular flexibility index (Phi) is 6.47. The molecule has 2 aliphatic heterocycles. The molecule has 6 heteroatoms. The van der Waals surface area contributed by atoms with Crippen molar-refractivity contribution in [3.63, 3.8) is 0 Å². The number of hydrogen-bond acceptors (Lipinski definition) is 3.